The number of benzene rings is 2. The minimum atomic E-state index is -4.46. The van der Waals surface area contributed by atoms with E-state index in [4.69, 9.17) is 0 Å². The molecule has 4 rings (SSSR count). The third kappa shape index (κ3) is 3.73. The van der Waals surface area contributed by atoms with E-state index in [1.165, 1.54) is 18.2 Å². The van der Waals surface area contributed by atoms with Crippen LogP contribution in [0, 0.1) is 0 Å². The second kappa shape index (κ2) is 6.70. The summed E-state index contributed by atoms with van der Waals surface area (Å²) in [5.41, 5.74) is 1.29. The maximum Gasteiger partial charge on any atom is 0.416 e. The fourth-order valence-electron chi connectivity index (χ4n) is 3.00. The number of sulfone groups is 1. The van der Waals surface area contributed by atoms with Crippen molar-refractivity contribution < 1.29 is 21.6 Å². The van der Waals surface area contributed by atoms with Crippen LogP contribution in [0.3, 0.4) is 0 Å². The fourth-order valence-corrected chi connectivity index (χ4v) is 3.67. The van der Waals surface area contributed by atoms with Gasteiger partial charge in [0, 0.05) is 18.0 Å². The molecule has 148 valence electrons. The van der Waals surface area contributed by atoms with E-state index in [1.807, 2.05) is 0 Å². The van der Waals surface area contributed by atoms with Crippen LogP contribution in [0.5, 0.6) is 0 Å². The molecule has 0 fully saturated rings. The molecule has 0 aliphatic heterocycles. The van der Waals surface area contributed by atoms with Gasteiger partial charge in [0.2, 0.25) is 0 Å². The number of aromatic nitrogens is 3. The Hall–Kier alpha value is -3.20. The summed E-state index contributed by atoms with van der Waals surface area (Å²) in [6.45, 7) is 0. The Morgan fingerprint density at radius 3 is 2.31 bits per heavy atom. The van der Waals surface area contributed by atoms with E-state index in [9.17, 15) is 21.6 Å². The van der Waals surface area contributed by atoms with Gasteiger partial charge < -0.3 is 0 Å². The van der Waals surface area contributed by atoms with Crippen molar-refractivity contribution in [1.29, 1.82) is 0 Å². The summed E-state index contributed by atoms with van der Waals surface area (Å²) >= 11 is 0. The molecule has 2 aromatic heterocycles. The van der Waals surface area contributed by atoms with Crippen molar-refractivity contribution in [2.24, 2.45) is 0 Å². The van der Waals surface area contributed by atoms with Gasteiger partial charge in [-0.05, 0) is 47.5 Å². The Kier molecular flexibility index (Phi) is 4.42. The lowest BCUT2D eigenvalue weighted by atomic mass is 10.1. The summed E-state index contributed by atoms with van der Waals surface area (Å²) in [4.78, 5) is 0.178. The van der Waals surface area contributed by atoms with Gasteiger partial charge in [-0.25, -0.2) is 8.42 Å². The van der Waals surface area contributed by atoms with E-state index in [0.29, 0.717) is 16.8 Å². The molecule has 2 aromatic carbocycles. The highest BCUT2D eigenvalue weighted by molar-refractivity contribution is 7.90. The quantitative estimate of drug-likeness (QED) is 0.493. The van der Waals surface area contributed by atoms with Crippen LogP contribution in [0.25, 0.3) is 28.2 Å². The monoisotopic (exact) mass is 417 g/mol. The lowest BCUT2D eigenvalue weighted by molar-refractivity contribution is -0.137. The van der Waals surface area contributed by atoms with Crippen molar-refractivity contribution >= 4 is 15.5 Å². The summed E-state index contributed by atoms with van der Waals surface area (Å²) in [7, 11) is -3.37. The zero-order valence-corrected chi connectivity index (χ0v) is 15.9. The van der Waals surface area contributed by atoms with Gasteiger partial charge >= 0.3 is 6.18 Å². The number of halogens is 3. The molecule has 0 unspecified atom stereocenters. The van der Waals surface area contributed by atoms with E-state index in [-0.39, 0.29) is 16.3 Å². The summed E-state index contributed by atoms with van der Waals surface area (Å²) in [5.74, 6) is 0.257. The Balaban J connectivity index is 1.85. The standard InChI is InChI=1S/C20H14F3N3O2S/c1-29(27,28)17-7-3-4-13(11-17)15-8-9-18-24-25-19(26(18)12-15)14-5-2-6-16(10-14)20(21,22)23/h2-12H,1H3. The first-order valence-electron chi connectivity index (χ1n) is 8.46. The predicted molar refractivity (Wildman–Crippen MR) is 102 cm³/mol. The van der Waals surface area contributed by atoms with Crippen LogP contribution in [0.2, 0.25) is 0 Å². The summed E-state index contributed by atoms with van der Waals surface area (Å²) in [5, 5.41) is 8.04. The minimum absolute atomic E-state index is 0.178. The first-order valence-corrected chi connectivity index (χ1v) is 10.3. The molecule has 0 amide bonds. The molecule has 0 atom stereocenters. The second-order valence-electron chi connectivity index (χ2n) is 6.55. The van der Waals surface area contributed by atoms with E-state index in [0.717, 1.165) is 18.4 Å². The van der Waals surface area contributed by atoms with Crippen molar-refractivity contribution in [3.63, 3.8) is 0 Å². The van der Waals surface area contributed by atoms with Gasteiger partial charge in [-0.15, -0.1) is 10.2 Å². The van der Waals surface area contributed by atoms with Crippen molar-refractivity contribution in [2.75, 3.05) is 6.26 Å². The van der Waals surface area contributed by atoms with Crippen LogP contribution >= 0.6 is 0 Å². The number of nitrogens with zero attached hydrogens (tertiary/aromatic N) is 3. The zero-order chi connectivity index (χ0) is 20.8. The van der Waals surface area contributed by atoms with Crippen molar-refractivity contribution in [3.8, 4) is 22.5 Å². The molecule has 0 radical (unpaired) electrons. The van der Waals surface area contributed by atoms with E-state index < -0.39 is 21.6 Å². The van der Waals surface area contributed by atoms with Crippen molar-refractivity contribution in [1.82, 2.24) is 14.6 Å². The highest BCUT2D eigenvalue weighted by Gasteiger charge is 2.30. The topological polar surface area (TPSA) is 64.3 Å². The summed E-state index contributed by atoms with van der Waals surface area (Å²) in [6, 6.07) is 14.7. The number of hydrogen-bond donors (Lipinski definition) is 0. The molecule has 4 aromatic rings. The number of alkyl halides is 3. The van der Waals surface area contributed by atoms with Crippen molar-refractivity contribution in [2.45, 2.75) is 11.1 Å². The van der Waals surface area contributed by atoms with Crippen LogP contribution < -0.4 is 0 Å². The van der Waals surface area contributed by atoms with E-state index in [2.05, 4.69) is 10.2 Å². The smallest absolute Gasteiger partial charge is 0.282 e. The van der Waals surface area contributed by atoms with Crippen LogP contribution in [0.1, 0.15) is 5.56 Å². The molecular weight excluding hydrogens is 403 g/mol. The largest absolute Gasteiger partial charge is 0.416 e. The molecule has 9 heteroatoms. The number of pyridine rings is 1. The third-order valence-corrected chi connectivity index (χ3v) is 5.56. The average molecular weight is 417 g/mol. The molecule has 0 N–H and O–H groups in total. The second-order valence-corrected chi connectivity index (χ2v) is 8.56. The number of fused-ring (bicyclic) bond motifs is 1. The number of hydrogen-bond acceptors (Lipinski definition) is 4. The zero-order valence-electron chi connectivity index (χ0n) is 15.1. The first kappa shape index (κ1) is 19.1. The third-order valence-electron chi connectivity index (χ3n) is 4.45. The van der Waals surface area contributed by atoms with Gasteiger partial charge in [-0.2, -0.15) is 13.2 Å². The van der Waals surface area contributed by atoms with Crippen molar-refractivity contribution in [3.05, 3.63) is 72.4 Å². The molecule has 2 heterocycles. The van der Waals surface area contributed by atoms with Gasteiger partial charge in [0.05, 0.1) is 10.5 Å². The lowest BCUT2D eigenvalue weighted by Gasteiger charge is -2.09. The average Bonchev–Trinajstić information content (AvgIpc) is 3.10. The molecule has 29 heavy (non-hydrogen) atoms. The highest BCUT2D eigenvalue weighted by atomic mass is 32.2. The maximum absolute atomic E-state index is 13.1. The first-order chi connectivity index (χ1) is 13.6. The van der Waals surface area contributed by atoms with Gasteiger partial charge in [0.25, 0.3) is 0 Å². The Morgan fingerprint density at radius 2 is 1.59 bits per heavy atom. The van der Waals surface area contributed by atoms with Crippen LogP contribution in [0.15, 0.2) is 71.8 Å². The summed E-state index contributed by atoms with van der Waals surface area (Å²) < 4.78 is 64.4. The fraction of sp³-hybridized carbons (Fsp3) is 0.100. The normalized spacial score (nSPS) is 12.4. The Labute approximate surface area is 164 Å². The van der Waals surface area contributed by atoms with E-state index >= 15 is 0 Å². The minimum Gasteiger partial charge on any atom is -0.282 e. The summed E-state index contributed by atoms with van der Waals surface area (Å²) in [6.07, 6.45) is -1.67. The molecule has 0 saturated carbocycles. The van der Waals surface area contributed by atoms with Gasteiger partial charge in [-0.3, -0.25) is 4.40 Å². The van der Waals surface area contributed by atoms with Gasteiger partial charge in [-0.1, -0.05) is 24.3 Å². The molecule has 0 saturated heterocycles. The SMILES string of the molecule is CS(=O)(=O)c1cccc(-c2ccc3nnc(-c4cccc(C(F)(F)F)c4)n3c2)c1. The molecule has 0 aliphatic carbocycles. The van der Waals surface area contributed by atoms with Gasteiger partial charge in [0.15, 0.2) is 21.3 Å². The highest BCUT2D eigenvalue weighted by Crippen LogP contribution is 2.32. The maximum atomic E-state index is 13.1. The van der Waals surface area contributed by atoms with E-state index in [1.54, 1.807) is 40.9 Å². The molecular formula is C20H14F3N3O2S. The van der Waals surface area contributed by atoms with Crippen LogP contribution in [-0.2, 0) is 16.0 Å². The number of rotatable bonds is 3. The Morgan fingerprint density at radius 1 is 0.862 bits per heavy atom. The molecule has 0 spiro atoms. The molecule has 0 bridgehead atoms. The molecule has 0 aliphatic rings. The van der Waals surface area contributed by atoms with Gasteiger partial charge in [0.1, 0.15) is 0 Å². The van der Waals surface area contributed by atoms with Crippen LogP contribution in [0.4, 0.5) is 13.2 Å². The molecule has 5 nitrogen and oxygen atoms in total. The Bertz CT molecular complexity index is 1330. The van der Waals surface area contributed by atoms with Crippen LogP contribution in [-0.4, -0.2) is 29.3 Å². The lowest BCUT2D eigenvalue weighted by Crippen LogP contribution is -2.04. The predicted octanol–water partition coefficient (Wildman–Crippen LogP) is 4.49.